The number of hydrogen-bond donors (Lipinski definition) is 1. The third-order valence-electron chi connectivity index (χ3n) is 1.14. The fourth-order valence-corrected chi connectivity index (χ4v) is 0.721. The predicted octanol–water partition coefficient (Wildman–Crippen LogP) is 0.710. The van der Waals surface area contributed by atoms with Gasteiger partial charge in [-0.3, -0.25) is 4.79 Å². The number of ether oxygens (including phenoxy) is 1. The zero-order valence-electron chi connectivity index (χ0n) is 6.46. The molecule has 0 unspecified atom stereocenters. The molecule has 0 bridgehead atoms. The van der Waals surface area contributed by atoms with E-state index in [1.807, 2.05) is 6.92 Å². The van der Waals surface area contributed by atoms with Crippen LogP contribution >= 0.6 is 0 Å². The van der Waals surface area contributed by atoms with Crippen LogP contribution in [0.1, 0.15) is 26.7 Å². The molecule has 0 aliphatic carbocycles. The maximum absolute atomic E-state index is 10.3. The van der Waals surface area contributed by atoms with Crippen LogP contribution in [0.2, 0.25) is 0 Å². The summed E-state index contributed by atoms with van der Waals surface area (Å²) in [4.78, 5) is 10.3. The maximum Gasteiger partial charge on any atom is 0.302 e. The van der Waals surface area contributed by atoms with E-state index >= 15 is 0 Å². The molecular weight excluding hydrogens is 132 g/mol. The second-order valence-corrected chi connectivity index (χ2v) is 2.29. The Morgan fingerprint density at radius 3 is 2.70 bits per heavy atom. The van der Waals surface area contributed by atoms with Crippen LogP contribution in [0, 0.1) is 0 Å². The van der Waals surface area contributed by atoms with Gasteiger partial charge in [-0.15, -0.1) is 0 Å². The standard InChI is InChI=1S/C7H14O3/c1-6(4-3-5-8)10-7(2)9/h6,8H,3-5H2,1-2H3/t6-/m0/s1. The van der Waals surface area contributed by atoms with Crippen LogP contribution in [-0.2, 0) is 9.53 Å². The summed E-state index contributed by atoms with van der Waals surface area (Å²) >= 11 is 0. The van der Waals surface area contributed by atoms with Crippen molar-refractivity contribution in [2.45, 2.75) is 32.8 Å². The van der Waals surface area contributed by atoms with E-state index in [0.717, 1.165) is 6.42 Å². The van der Waals surface area contributed by atoms with E-state index in [0.29, 0.717) is 6.42 Å². The van der Waals surface area contributed by atoms with Crippen molar-refractivity contribution in [3.8, 4) is 0 Å². The summed E-state index contributed by atoms with van der Waals surface area (Å²) in [5, 5.41) is 8.41. The first-order chi connectivity index (χ1) is 4.66. The lowest BCUT2D eigenvalue weighted by Gasteiger charge is -2.09. The van der Waals surface area contributed by atoms with Gasteiger partial charge in [-0.25, -0.2) is 0 Å². The average molecular weight is 146 g/mol. The van der Waals surface area contributed by atoms with Crippen molar-refractivity contribution < 1.29 is 14.6 Å². The van der Waals surface area contributed by atoms with Gasteiger partial charge in [0.2, 0.25) is 0 Å². The summed E-state index contributed by atoms with van der Waals surface area (Å²) in [6.07, 6.45) is 1.36. The van der Waals surface area contributed by atoms with Gasteiger partial charge in [-0.2, -0.15) is 0 Å². The molecule has 0 aromatic heterocycles. The van der Waals surface area contributed by atoms with Crippen molar-refractivity contribution in [1.82, 2.24) is 0 Å². The minimum Gasteiger partial charge on any atom is -0.463 e. The minimum atomic E-state index is -0.259. The fraction of sp³-hybridized carbons (Fsp3) is 0.857. The molecule has 10 heavy (non-hydrogen) atoms. The Hall–Kier alpha value is -0.570. The lowest BCUT2D eigenvalue weighted by Crippen LogP contribution is -2.12. The second-order valence-electron chi connectivity index (χ2n) is 2.29. The zero-order valence-corrected chi connectivity index (χ0v) is 6.46. The van der Waals surface area contributed by atoms with E-state index in [1.54, 1.807) is 0 Å². The molecule has 0 aliphatic heterocycles. The second kappa shape index (κ2) is 5.23. The van der Waals surface area contributed by atoms with E-state index < -0.39 is 0 Å². The number of aliphatic hydroxyl groups is 1. The lowest BCUT2D eigenvalue weighted by molar-refractivity contribution is -0.145. The predicted molar refractivity (Wildman–Crippen MR) is 37.5 cm³/mol. The Morgan fingerprint density at radius 2 is 2.30 bits per heavy atom. The van der Waals surface area contributed by atoms with Crippen LogP contribution in [0.15, 0.2) is 0 Å². The first-order valence-corrected chi connectivity index (χ1v) is 3.45. The van der Waals surface area contributed by atoms with E-state index in [-0.39, 0.29) is 18.7 Å². The van der Waals surface area contributed by atoms with Crippen molar-refractivity contribution in [2.24, 2.45) is 0 Å². The summed E-state index contributed by atoms with van der Waals surface area (Å²) in [6, 6.07) is 0. The normalized spacial score (nSPS) is 12.7. The van der Waals surface area contributed by atoms with Gasteiger partial charge in [0.15, 0.2) is 0 Å². The Balaban J connectivity index is 3.25. The molecule has 0 aromatic rings. The molecule has 0 radical (unpaired) electrons. The van der Waals surface area contributed by atoms with Crippen LogP contribution in [-0.4, -0.2) is 23.8 Å². The first-order valence-electron chi connectivity index (χ1n) is 3.45. The van der Waals surface area contributed by atoms with Crippen LogP contribution in [0.3, 0.4) is 0 Å². The largest absolute Gasteiger partial charge is 0.463 e. The highest BCUT2D eigenvalue weighted by Crippen LogP contribution is 2.00. The molecule has 1 atom stereocenters. The SMILES string of the molecule is CC(=O)O[C@@H](C)CCCO. The smallest absolute Gasteiger partial charge is 0.302 e. The molecule has 0 amide bonds. The van der Waals surface area contributed by atoms with E-state index in [9.17, 15) is 4.79 Å². The van der Waals surface area contributed by atoms with Crippen molar-refractivity contribution in [2.75, 3.05) is 6.61 Å². The molecule has 0 aromatic carbocycles. The van der Waals surface area contributed by atoms with Crippen molar-refractivity contribution in [3.63, 3.8) is 0 Å². The monoisotopic (exact) mass is 146 g/mol. The van der Waals surface area contributed by atoms with E-state index in [4.69, 9.17) is 9.84 Å². The average Bonchev–Trinajstić information content (AvgIpc) is 1.82. The summed E-state index contributed by atoms with van der Waals surface area (Å²) in [6.45, 7) is 3.36. The van der Waals surface area contributed by atoms with Crippen molar-refractivity contribution >= 4 is 5.97 Å². The number of rotatable bonds is 4. The molecule has 0 saturated carbocycles. The van der Waals surface area contributed by atoms with Crippen molar-refractivity contribution in [3.05, 3.63) is 0 Å². The van der Waals surface area contributed by atoms with Gasteiger partial charge in [0, 0.05) is 13.5 Å². The van der Waals surface area contributed by atoms with Gasteiger partial charge >= 0.3 is 5.97 Å². The summed E-state index contributed by atoms with van der Waals surface area (Å²) in [5.41, 5.74) is 0. The highest BCUT2D eigenvalue weighted by atomic mass is 16.5. The Kier molecular flexibility index (Phi) is 4.94. The van der Waals surface area contributed by atoms with E-state index in [1.165, 1.54) is 6.92 Å². The molecular formula is C7H14O3. The van der Waals surface area contributed by atoms with Crippen LogP contribution in [0.25, 0.3) is 0 Å². The number of esters is 1. The molecule has 0 saturated heterocycles. The third-order valence-corrected chi connectivity index (χ3v) is 1.14. The minimum absolute atomic E-state index is 0.0651. The quantitative estimate of drug-likeness (QED) is 0.594. The van der Waals surface area contributed by atoms with Gasteiger partial charge in [0.1, 0.15) is 0 Å². The topological polar surface area (TPSA) is 46.5 Å². The lowest BCUT2D eigenvalue weighted by atomic mass is 10.2. The molecule has 0 rings (SSSR count). The van der Waals surface area contributed by atoms with Gasteiger partial charge in [0.25, 0.3) is 0 Å². The maximum atomic E-state index is 10.3. The van der Waals surface area contributed by atoms with Gasteiger partial charge in [-0.1, -0.05) is 0 Å². The Bertz CT molecular complexity index is 101. The van der Waals surface area contributed by atoms with Crippen LogP contribution < -0.4 is 0 Å². The van der Waals surface area contributed by atoms with E-state index in [2.05, 4.69) is 0 Å². The van der Waals surface area contributed by atoms with Crippen molar-refractivity contribution in [1.29, 1.82) is 0 Å². The number of carbonyl (C=O) groups is 1. The molecule has 1 N–H and O–H groups in total. The summed E-state index contributed by atoms with van der Waals surface area (Å²) in [5.74, 6) is -0.259. The number of carbonyl (C=O) groups excluding carboxylic acids is 1. The van der Waals surface area contributed by atoms with Crippen LogP contribution in [0.4, 0.5) is 0 Å². The highest BCUT2D eigenvalue weighted by molar-refractivity contribution is 5.66. The molecule has 0 fully saturated rings. The van der Waals surface area contributed by atoms with Gasteiger partial charge in [0.05, 0.1) is 6.10 Å². The molecule has 0 heterocycles. The van der Waals surface area contributed by atoms with Gasteiger partial charge < -0.3 is 9.84 Å². The Morgan fingerprint density at radius 1 is 1.70 bits per heavy atom. The zero-order chi connectivity index (χ0) is 7.98. The van der Waals surface area contributed by atoms with Gasteiger partial charge in [-0.05, 0) is 19.8 Å². The van der Waals surface area contributed by atoms with Crippen LogP contribution in [0.5, 0.6) is 0 Å². The summed E-state index contributed by atoms with van der Waals surface area (Å²) < 4.78 is 4.80. The molecule has 0 spiro atoms. The molecule has 0 aliphatic rings. The summed E-state index contributed by atoms with van der Waals surface area (Å²) in [7, 11) is 0. The number of hydrogen-bond acceptors (Lipinski definition) is 3. The Labute approximate surface area is 61.0 Å². The first kappa shape index (κ1) is 9.43. The molecule has 60 valence electrons. The number of aliphatic hydroxyl groups excluding tert-OH is 1. The highest BCUT2D eigenvalue weighted by Gasteiger charge is 2.03. The molecule has 3 heteroatoms. The molecule has 3 nitrogen and oxygen atoms in total. The fourth-order valence-electron chi connectivity index (χ4n) is 0.721. The third kappa shape index (κ3) is 5.56.